The predicted molar refractivity (Wildman–Crippen MR) is 226 cm³/mol. The number of Topliss-reactive ketones (excluding diaryl/α,β-unsaturated/α-hetero) is 2. The van der Waals surface area contributed by atoms with Crippen LogP contribution in [-0.2, 0) is 28.9 Å². The molecule has 0 amide bonds. The molecule has 2 aromatic rings. The molecule has 2 aromatic carbocycles. The topological polar surface area (TPSA) is 34.1 Å². The van der Waals surface area contributed by atoms with Gasteiger partial charge in [-0.05, 0) is 109 Å². The van der Waals surface area contributed by atoms with E-state index in [2.05, 4.69) is 135 Å². The first kappa shape index (κ1) is 51.1. The fourth-order valence-electron chi connectivity index (χ4n) is 4.44. The minimum absolute atomic E-state index is 0.0412. The Hall–Kier alpha value is -3.26. The Morgan fingerprint density at radius 3 is 1.58 bits per heavy atom. The van der Waals surface area contributed by atoms with E-state index in [0.29, 0.717) is 19.3 Å². The van der Waals surface area contributed by atoms with Crippen LogP contribution in [-0.4, -0.2) is 11.6 Å². The fraction of sp³-hybridized carbons (Fsp3) is 0.542. The highest BCUT2D eigenvalue weighted by Gasteiger charge is 2.09. The van der Waals surface area contributed by atoms with Crippen LogP contribution < -0.4 is 0 Å². The van der Waals surface area contributed by atoms with Gasteiger partial charge in [-0.25, -0.2) is 0 Å². The Labute approximate surface area is 311 Å². The molecule has 0 heterocycles. The van der Waals surface area contributed by atoms with Crippen molar-refractivity contribution in [2.45, 2.75) is 167 Å². The molecule has 0 fully saturated rings. The van der Waals surface area contributed by atoms with Gasteiger partial charge in [-0.1, -0.05) is 170 Å². The number of hydrogen-bond donors (Lipinski definition) is 0. The van der Waals surface area contributed by atoms with Gasteiger partial charge in [0.1, 0.15) is 11.6 Å². The molecular weight excluding hydrogens is 609 g/mol. The minimum atomic E-state index is 0.0412. The van der Waals surface area contributed by atoms with Crippen LogP contribution in [0.2, 0.25) is 0 Å². The molecule has 0 bridgehead atoms. The number of carbonyl (C=O) groups is 2. The first-order chi connectivity index (χ1) is 23.7. The molecule has 0 spiro atoms. The number of ketones is 2. The Balaban J connectivity index is -0.000000575. The molecule has 1 atom stereocenters. The van der Waals surface area contributed by atoms with Crippen LogP contribution in [0, 0.1) is 12.8 Å². The number of rotatable bonds is 17. The third kappa shape index (κ3) is 34.6. The van der Waals surface area contributed by atoms with Crippen molar-refractivity contribution in [2.75, 3.05) is 0 Å². The van der Waals surface area contributed by atoms with Crippen molar-refractivity contribution in [3.63, 3.8) is 0 Å². The average Bonchev–Trinajstić information content (AvgIpc) is 3.09. The van der Waals surface area contributed by atoms with Gasteiger partial charge in [0, 0.05) is 12.3 Å². The summed E-state index contributed by atoms with van der Waals surface area (Å²) in [7, 11) is 0. The van der Waals surface area contributed by atoms with Crippen LogP contribution in [0.4, 0.5) is 0 Å². The van der Waals surface area contributed by atoms with E-state index in [0.717, 1.165) is 18.4 Å². The molecule has 50 heavy (non-hydrogen) atoms. The van der Waals surface area contributed by atoms with Crippen molar-refractivity contribution in [3.8, 4) is 0 Å². The molecule has 0 aliphatic heterocycles. The summed E-state index contributed by atoms with van der Waals surface area (Å²) in [5.41, 5.74) is 9.53. The monoisotopic (exact) mass is 687 g/mol. The van der Waals surface area contributed by atoms with Crippen LogP contribution in [0.3, 0.4) is 0 Å². The quantitative estimate of drug-likeness (QED) is 0.123. The maximum absolute atomic E-state index is 10.9. The van der Waals surface area contributed by atoms with Gasteiger partial charge >= 0.3 is 0 Å². The van der Waals surface area contributed by atoms with Crippen LogP contribution in [0.5, 0.6) is 0 Å². The van der Waals surface area contributed by atoms with Crippen LogP contribution in [0.15, 0.2) is 96.6 Å². The van der Waals surface area contributed by atoms with Gasteiger partial charge in [-0.3, -0.25) is 4.79 Å². The summed E-state index contributed by atoms with van der Waals surface area (Å²) in [4.78, 5) is 21.6. The normalized spacial score (nSPS) is 10.9. The van der Waals surface area contributed by atoms with Crippen molar-refractivity contribution in [3.05, 3.63) is 119 Å². The predicted octanol–water partition coefficient (Wildman–Crippen LogP) is 14.7. The third-order valence-corrected chi connectivity index (χ3v) is 7.92. The second kappa shape index (κ2) is 35.6. The first-order valence-electron chi connectivity index (χ1n) is 19.5. The molecule has 0 saturated heterocycles. The number of hydrogen-bond acceptors (Lipinski definition) is 2. The Bertz CT molecular complexity index is 1190. The molecule has 0 aliphatic carbocycles. The zero-order chi connectivity index (χ0) is 38.7. The van der Waals surface area contributed by atoms with Gasteiger partial charge in [0.05, 0.1) is 0 Å². The van der Waals surface area contributed by atoms with E-state index in [9.17, 15) is 9.59 Å². The highest BCUT2D eigenvalue weighted by atomic mass is 16.1. The van der Waals surface area contributed by atoms with Gasteiger partial charge in [0.15, 0.2) is 0 Å². The molecule has 282 valence electrons. The van der Waals surface area contributed by atoms with Gasteiger partial charge in [0.2, 0.25) is 0 Å². The van der Waals surface area contributed by atoms with E-state index in [4.69, 9.17) is 0 Å². The summed E-state index contributed by atoms with van der Waals surface area (Å²) in [6.45, 7) is 32.3. The molecular formula is C48H78O2. The minimum Gasteiger partial charge on any atom is -0.300 e. The van der Waals surface area contributed by atoms with Crippen LogP contribution in [0.25, 0.3) is 0 Å². The maximum atomic E-state index is 10.9. The summed E-state index contributed by atoms with van der Waals surface area (Å²) in [5, 5.41) is 0. The lowest BCUT2D eigenvalue weighted by Crippen LogP contribution is -2.07. The van der Waals surface area contributed by atoms with E-state index in [1.807, 2.05) is 13.8 Å². The lowest BCUT2D eigenvalue weighted by Gasteiger charge is -2.08. The van der Waals surface area contributed by atoms with Gasteiger partial charge in [-0.2, -0.15) is 0 Å². The standard InChI is InChI=1S/C13H22.C11H18O2.C11H16.C10H14.C3H8/c1-5-7-9-13(4)11-8-10-12(3)6-2;1-8(5-6-10(3)12)7-9(2)11(4)13;1-3-5-11-8-6-10(4-2)7-9-11;1-3-4-10-7-5-9(2)6-8-10;1-3-2/h5,7,9H,3,6,8,10-11H2,1-2,4H3;9H,1,5-7H2,2-4H3;6-9H,3-5H2,1-2H3;5-8H,3-4H2,1-2H3;3H2,1-2H3/b7-5-,13-9+;;;;. The summed E-state index contributed by atoms with van der Waals surface area (Å²) in [5.74, 6) is 0.403. The van der Waals surface area contributed by atoms with E-state index < -0.39 is 0 Å². The van der Waals surface area contributed by atoms with E-state index in [1.165, 1.54) is 84.8 Å². The van der Waals surface area contributed by atoms with Gasteiger partial charge in [0.25, 0.3) is 0 Å². The number of benzene rings is 2. The van der Waals surface area contributed by atoms with Crippen molar-refractivity contribution in [1.29, 1.82) is 0 Å². The third-order valence-electron chi connectivity index (χ3n) is 7.92. The number of aryl methyl sites for hydroxylation is 4. The summed E-state index contributed by atoms with van der Waals surface area (Å²) in [6.07, 6.45) is 20.4. The largest absolute Gasteiger partial charge is 0.300 e. The van der Waals surface area contributed by atoms with Crippen molar-refractivity contribution in [2.24, 2.45) is 5.92 Å². The van der Waals surface area contributed by atoms with E-state index in [1.54, 1.807) is 13.8 Å². The number of allylic oxidation sites excluding steroid dienone is 6. The molecule has 0 saturated carbocycles. The Morgan fingerprint density at radius 2 is 1.18 bits per heavy atom. The molecule has 0 aliphatic rings. The molecule has 0 aromatic heterocycles. The smallest absolute Gasteiger partial charge is 0.132 e. The van der Waals surface area contributed by atoms with Gasteiger partial charge in [-0.15, -0.1) is 0 Å². The summed E-state index contributed by atoms with van der Waals surface area (Å²) < 4.78 is 0. The summed E-state index contributed by atoms with van der Waals surface area (Å²) in [6, 6.07) is 17.7. The van der Waals surface area contributed by atoms with Crippen molar-refractivity contribution < 1.29 is 9.59 Å². The molecule has 2 rings (SSSR count). The Morgan fingerprint density at radius 1 is 0.700 bits per heavy atom. The van der Waals surface area contributed by atoms with Crippen molar-refractivity contribution >= 4 is 11.6 Å². The maximum Gasteiger partial charge on any atom is 0.132 e. The molecule has 0 N–H and O–H groups in total. The highest BCUT2D eigenvalue weighted by molar-refractivity contribution is 5.78. The number of carbonyl (C=O) groups excluding carboxylic acids is 2. The SMILES string of the molecule is C=C(CC)CCC/C(C)=C/C=C\C.C=C(CCC(C)=O)CC(C)C(C)=O.CCC.CCCc1ccc(C)cc1.CCCc1ccc(CC)cc1. The molecule has 0 radical (unpaired) electrons. The lowest BCUT2D eigenvalue weighted by molar-refractivity contribution is -0.120. The molecule has 2 heteroatoms. The zero-order valence-electron chi connectivity index (χ0n) is 34.9. The summed E-state index contributed by atoms with van der Waals surface area (Å²) >= 11 is 0. The van der Waals surface area contributed by atoms with E-state index >= 15 is 0 Å². The molecule has 2 nitrogen and oxygen atoms in total. The van der Waals surface area contributed by atoms with Crippen LogP contribution in [0.1, 0.15) is 163 Å². The second-order valence-corrected chi connectivity index (χ2v) is 13.5. The highest BCUT2D eigenvalue weighted by Crippen LogP contribution is 2.15. The molecule has 1 unspecified atom stereocenters. The zero-order valence-corrected chi connectivity index (χ0v) is 34.9. The second-order valence-electron chi connectivity index (χ2n) is 13.5. The van der Waals surface area contributed by atoms with E-state index in [-0.39, 0.29) is 17.5 Å². The van der Waals surface area contributed by atoms with Crippen molar-refractivity contribution in [1.82, 2.24) is 0 Å². The van der Waals surface area contributed by atoms with Crippen LogP contribution >= 0.6 is 0 Å². The Kier molecular flexibility index (Phi) is 36.4. The average molecular weight is 687 g/mol. The lowest BCUT2D eigenvalue weighted by atomic mass is 9.96. The van der Waals surface area contributed by atoms with Gasteiger partial charge < -0.3 is 4.79 Å². The fourth-order valence-corrected chi connectivity index (χ4v) is 4.44. The first-order valence-corrected chi connectivity index (χ1v) is 19.5.